The van der Waals surface area contributed by atoms with Crippen molar-refractivity contribution in [2.24, 2.45) is 0 Å². The first-order valence-corrected chi connectivity index (χ1v) is 9.41. The lowest BCUT2D eigenvalue weighted by Crippen LogP contribution is -2.34. The molecule has 0 aliphatic carbocycles. The maximum Gasteiger partial charge on any atom is 0.333 e. The second kappa shape index (κ2) is 11.1. The molecule has 0 saturated carbocycles. The van der Waals surface area contributed by atoms with E-state index in [9.17, 15) is 9.59 Å². The van der Waals surface area contributed by atoms with Gasteiger partial charge in [0.15, 0.2) is 12.7 Å². The molecule has 0 aliphatic heterocycles. The highest BCUT2D eigenvalue weighted by molar-refractivity contribution is 5.77. The summed E-state index contributed by atoms with van der Waals surface area (Å²) in [5.74, 6) is -0.500. The largest absolute Gasteiger partial charge is 0.484 e. The highest BCUT2D eigenvalue weighted by Gasteiger charge is 2.18. The van der Waals surface area contributed by atoms with Crippen LogP contribution >= 0.6 is 0 Å². The van der Waals surface area contributed by atoms with Crippen molar-refractivity contribution < 1.29 is 24.2 Å². The number of nitrogens with zero attached hydrogens (tertiary/aromatic N) is 1. The van der Waals surface area contributed by atoms with Crippen molar-refractivity contribution in [2.75, 3.05) is 19.8 Å². The van der Waals surface area contributed by atoms with Gasteiger partial charge in [-0.1, -0.05) is 42.5 Å². The summed E-state index contributed by atoms with van der Waals surface area (Å²) >= 11 is 0. The molecule has 2 aromatic rings. The number of benzene rings is 2. The molecule has 0 heterocycles. The van der Waals surface area contributed by atoms with E-state index < -0.39 is 12.1 Å². The quantitative estimate of drug-likeness (QED) is 0.643. The number of hydrogen-bond donors (Lipinski definition) is 1. The summed E-state index contributed by atoms with van der Waals surface area (Å²) in [5, 5.41) is 9.15. The van der Waals surface area contributed by atoms with E-state index in [0.29, 0.717) is 25.4 Å². The molecule has 1 amide bonds. The van der Waals surface area contributed by atoms with Gasteiger partial charge in [0.25, 0.3) is 5.91 Å². The van der Waals surface area contributed by atoms with Gasteiger partial charge in [0.2, 0.25) is 0 Å². The zero-order chi connectivity index (χ0) is 20.4. The number of carboxylic acid groups (broad SMARTS) is 1. The summed E-state index contributed by atoms with van der Waals surface area (Å²) in [6, 6.07) is 16.9. The van der Waals surface area contributed by atoms with Crippen LogP contribution in [0.1, 0.15) is 25.0 Å². The molecular formula is C22H27NO5. The second-order valence-corrected chi connectivity index (χ2v) is 6.31. The molecule has 2 rings (SSSR count). The molecule has 0 aliphatic rings. The lowest BCUT2D eigenvalue weighted by atomic mass is 10.1. The third-order valence-corrected chi connectivity index (χ3v) is 4.30. The van der Waals surface area contributed by atoms with E-state index in [-0.39, 0.29) is 18.9 Å². The number of aliphatic carboxylic acids is 1. The van der Waals surface area contributed by atoms with Gasteiger partial charge in [0, 0.05) is 26.1 Å². The van der Waals surface area contributed by atoms with E-state index in [4.69, 9.17) is 14.6 Å². The van der Waals surface area contributed by atoms with Crippen molar-refractivity contribution in [3.8, 4) is 5.75 Å². The Morgan fingerprint density at radius 1 is 1.00 bits per heavy atom. The molecule has 0 saturated heterocycles. The molecule has 0 aromatic heterocycles. The van der Waals surface area contributed by atoms with Crippen LogP contribution in [-0.2, 0) is 27.3 Å². The molecule has 0 spiro atoms. The minimum absolute atomic E-state index is 0.0449. The molecule has 1 atom stereocenters. The van der Waals surface area contributed by atoms with Crippen LogP contribution in [0.25, 0.3) is 0 Å². The average molecular weight is 385 g/mol. The molecular weight excluding hydrogens is 358 g/mol. The van der Waals surface area contributed by atoms with Gasteiger partial charge < -0.3 is 19.5 Å². The Morgan fingerprint density at radius 3 is 2.25 bits per heavy atom. The highest BCUT2D eigenvalue weighted by Crippen LogP contribution is 2.15. The summed E-state index contributed by atoms with van der Waals surface area (Å²) in [5.41, 5.74) is 1.91. The van der Waals surface area contributed by atoms with Gasteiger partial charge in [0.05, 0.1) is 0 Å². The van der Waals surface area contributed by atoms with E-state index in [1.165, 1.54) is 0 Å². The Morgan fingerprint density at radius 2 is 1.68 bits per heavy atom. The van der Waals surface area contributed by atoms with Crippen LogP contribution in [0.2, 0.25) is 0 Å². The predicted octanol–water partition coefficient (Wildman–Crippen LogP) is 3.15. The van der Waals surface area contributed by atoms with Gasteiger partial charge in [-0.25, -0.2) is 4.79 Å². The Kier molecular flexibility index (Phi) is 8.49. The van der Waals surface area contributed by atoms with Crippen LogP contribution in [0.15, 0.2) is 54.6 Å². The van der Waals surface area contributed by atoms with Crippen LogP contribution in [-0.4, -0.2) is 47.7 Å². The van der Waals surface area contributed by atoms with Gasteiger partial charge in [-0.3, -0.25) is 4.79 Å². The number of amides is 1. The Hall–Kier alpha value is -2.86. The van der Waals surface area contributed by atoms with E-state index in [2.05, 4.69) is 0 Å². The number of hydrogen-bond acceptors (Lipinski definition) is 4. The Bertz CT molecular complexity index is 745. The fourth-order valence-corrected chi connectivity index (χ4v) is 2.77. The minimum Gasteiger partial charge on any atom is -0.484 e. The van der Waals surface area contributed by atoms with Crippen LogP contribution in [0.4, 0.5) is 0 Å². The lowest BCUT2D eigenvalue weighted by molar-refractivity contribution is -0.150. The number of carbonyl (C=O) groups is 2. The number of likely N-dealkylation sites (N-methyl/N-ethyl adjacent to an activating group) is 1. The van der Waals surface area contributed by atoms with Crippen molar-refractivity contribution in [1.82, 2.24) is 4.90 Å². The van der Waals surface area contributed by atoms with E-state index in [1.54, 1.807) is 36.1 Å². The van der Waals surface area contributed by atoms with E-state index in [0.717, 1.165) is 11.1 Å². The smallest absolute Gasteiger partial charge is 0.333 e. The van der Waals surface area contributed by atoms with Crippen LogP contribution in [0.5, 0.6) is 5.75 Å². The number of rotatable bonds is 11. The molecule has 0 bridgehead atoms. The van der Waals surface area contributed by atoms with Gasteiger partial charge in [-0.2, -0.15) is 0 Å². The maximum absolute atomic E-state index is 12.4. The predicted molar refractivity (Wildman–Crippen MR) is 106 cm³/mol. The lowest BCUT2D eigenvalue weighted by Gasteiger charge is -2.21. The van der Waals surface area contributed by atoms with Gasteiger partial charge in [0.1, 0.15) is 5.75 Å². The van der Waals surface area contributed by atoms with E-state index in [1.807, 2.05) is 37.3 Å². The van der Waals surface area contributed by atoms with Crippen molar-refractivity contribution in [2.45, 2.75) is 32.9 Å². The van der Waals surface area contributed by atoms with Crippen molar-refractivity contribution in [3.05, 3.63) is 65.7 Å². The average Bonchev–Trinajstić information content (AvgIpc) is 2.71. The Balaban J connectivity index is 1.87. The Labute approximate surface area is 165 Å². The van der Waals surface area contributed by atoms with Gasteiger partial charge in [-0.15, -0.1) is 0 Å². The zero-order valence-electron chi connectivity index (χ0n) is 16.3. The SMILES string of the molecule is CCOC(Cc1ccc(OCC(=O)N(CC)Cc2ccccc2)cc1)C(=O)O. The summed E-state index contributed by atoms with van der Waals surface area (Å²) in [6.45, 7) is 5.15. The van der Waals surface area contributed by atoms with Crippen molar-refractivity contribution in [3.63, 3.8) is 0 Å². The summed E-state index contributed by atoms with van der Waals surface area (Å²) in [6.07, 6.45) is -0.585. The summed E-state index contributed by atoms with van der Waals surface area (Å²) in [4.78, 5) is 25.3. The normalized spacial score (nSPS) is 11.6. The summed E-state index contributed by atoms with van der Waals surface area (Å²) in [7, 11) is 0. The van der Waals surface area contributed by atoms with Gasteiger partial charge in [-0.05, 0) is 37.1 Å². The highest BCUT2D eigenvalue weighted by atomic mass is 16.5. The third kappa shape index (κ3) is 6.70. The van der Waals surface area contributed by atoms with Gasteiger partial charge >= 0.3 is 5.97 Å². The number of carbonyl (C=O) groups excluding carboxylic acids is 1. The third-order valence-electron chi connectivity index (χ3n) is 4.30. The fraction of sp³-hybridized carbons (Fsp3) is 0.364. The number of ether oxygens (including phenoxy) is 2. The first-order chi connectivity index (χ1) is 13.5. The van der Waals surface area contributed by atoms with Crippen molar-refractivity contribution >= 4 is 11.9 Å². The van der Waals surface area contributed by atoms with Crippen LogP contribution in [0, 0.1) is 0 Å². The first-order valence-electron chi connectivity index (χ1n) is 9.41. The molecule has 6 nitrogen and oxygen atoms in total. The van der Waals surface area contributed by atoms with Crippen molar-refractivity contribution in [1.29, 1.82) is 0 Å². The molecule has 28 heavy (non-hydrogen) atoms. The van der Waals surface area contributed by atoms with Crippen LogP contribution in [0.3, 0.4) is 0 Å². The van der Waals surface area contributed by atoms with E-state index >= 15 is 0 Å². The van der Waals surface area contributed by atoms with Crippen LogP contribution < -0.4 is 4.74 Å². The monoisotopic (exact) mass is 385 g/mol. The molecule has 2 aromatic carbocycles. The standard InChI is InChI=1S/C22H27NO5/c1-3-23(15-18-8-6-5-7-9-18)21(24)16-28-19-12-10-17(11-13-19)14-20(22(25)26)27-4-2/h5-13,20H,3-4,14-16H2,1-2H3,(H,25,26). The topological polar surface area (TPSA) is 76.1 Å². The summed E-state index contributed by atoms with van der Waals surface area (Å²) < 4.78 is 10.8. The second-order valence-electron chi connectivity index (χ2n) is 6.31. The molecule has 150 valence electrons. The molecule has 1 unspecified atom stereocenters. The first kappa shape index (κ1) is 21.4. The molecule has 6 heteroatoms. The molecule has 0 radical (unpaired) electrons. The molecule has 0 fully saturated rings. The zero-order valence-corrected chi connectivity index (χ0v) is 16.3. The maximum atomic E-state index is 12.4. The number of carboxylic acids is 1. The minimum atomic E-state index is -0.981. The fourth-order valence-electron chi connectivity index (χ4n) is 2.77. The molecule has 1 N–H and O–H groups in total.